The lowest BCUT2D eigenvalue weighted by Crippen LogP contribution is -2.40. The molecule has 24 nitrogen and oxygen atoms in total. The van der Waals surface area contributed by atoms with Crippen molar-refractivity contribution in [3.63, 3.8) is 0 Å². The summed E-state index contributed by atoms with van der Waals surface area (Å²) in [7, 11) is 2.93. The first-order valence-corrected chi connectivity index (χ1v) is 30.2. The highest BCUT2D eigenvalue weighted by molar-refractivity contribution is 7.15. The molecule has 30 heteroatoms. The fourth-order valence-corrected chi connectivity index (χ4v) is 13.7. The summed E-state index contributed by atoms with van der Waals surface area (Å²) in [4.78, 5) is 127. The number of nitrogens with zero attached hydrogens (tertiary/aromatic N) is 7. The number of nitrogens with one attached hydrogen (secondary N) is 6. The minimum Gasteiger partial charge on any atom is -0.481 e. The number of aromatic nitrogens is 7. The Labute approximate surface area is 491 Å². The van der Waals surface area contributed by atoms with Gasteiger partial charge < -0.3 is 46.3 Å². The molecule has 0 aliphatic carbocycles. The third-order valence-electron chi connectivity index (χ3n) is 12.2. The fourth-order valence-electron chi connectivity index (χ4n) is 8.17. The van der Waals surface area contributed by atoms with Gasteiger partial charge in [-0.25, -0.2) is 39.7 Å². The number of amides is 6. The highest BCUT2D eigenvalue weighted by atomic mass is 32.1. The van der Waals surface area contributed by atoms with E-state index in [4.69, 9.17) is 34.5 Å². The van der Waals surface area contributed by atoms with Crippen LogP contribution in [-0.2, 0) is 30.5 Å². The summed E-state index contributed by atoms with van der Waals surface area (Å²) in [6, 6.07) is 9.35. The van der Waals surface area contributed by atoms with Crippen LogP contribution in [0.5, 0.6) is 0 Å². The van der Waals surface area contributed by atoms with Crippen molar-refractivity contribution in [1.29, 1.82) is 0 Å². The molecule has 0 saturated carbocycles. The van der Waals surface area contributed by atoms with Crippen molar-refractivity contribution in [2.75, 3.05) is 32.6 Å². The number of carbonyl (C=O) groups excluding carboxylic acids is 6. The van der Waals surface area contributed by atoms with Gasteiger partial charge in [0.25, 0.3) is 17.7 Å². The molecular formula is C52H51N13O11S6. The van der Waals surface area contributed by atoms with Gasteiger partial charge in [-0.2, -0.15) is 0 Å². The maximum atomic E-state index is 14.3. The molecule has 0 spiro atoms. The molecule has 0 fully saturated rings. The van der Waals surface area contributed by atoms with Crippen molar-refractivity contribution in [3.05, 3.63) is 111 Å². The first-order chi connectivity index (χ1) is 39.5. The van der Waals surface area contributed by atoms with E-state index in [2.05, 4.69) is 46.9 Å². The molecule has 0 saturated heterocycles. The Morgan fingerprint density at radius 3 is 2.20 bits per heavy atom. The quantitative estimate of drug-likeness (QED) is 0.0512. The zero-order valence-electron chi connectivity index (χ0n) is 44.1. The van der Waals surface area contributed by atoms with Gasteiger partial charge in [0.15, 0.2) is 0 Å². The first kappa shape index (κ1) is 58.8. The van der Waals surface area contributed by atoms with E-state index in [-0.39, 0.29) is 66.3 Å². The number of ether oxygens (including phenoxy) is 2. The molecule has 9 rings (SSSR count). The highest BCUT2D eigenvalue weighted by Crippen LogP contribution is 2.40. The summed E-state index contributed by atoms with van der Waals surface area (Å²) >= 11 is 7.05. The van der Waals surface area contributed by atoms with Crippen LogP contribution in [0.15, 0.2) is 64.0 Å². The van der Waals surface area contributed by atoms with E-state index >= 15 is 0 Å². The molecule has 8 heterocycles. The Morgan fingerprint density at radius 1 is 0.720 bits per heavy atom. The number of pyridine rings is 1. The van der Waals surface area contributed by atoms with Gasteiger partial charge >= 0.3 is 12.1 Å². The maximum Gasteiger partial charge on any atom is 0.412 e. The predicted octanol–water partition coefficient (Wildman–Crippen LogP) is 7.73. The molecule has 1 aliphatic rings. The molecule has 6 amide bonds. The number of aryl methyl sites for hydroxylation is 1. The van der Waals surface area contributed by atoms with Gasteiger partial charge in [-0.05, 0) is 37.0 Å². The molecule has 1 aliphatic heterocycles. The Bertz CT molecular complexity index is 3670. The molecule has 1 aromatic carbocycles. The van der Waals surface area contributed by atoms with Gasteiger partial charge in [0, 0.05) is 52.5 Å². The third-order valence-corrected chi connectivity index (χ3v) is 18.0. The van der Waals surface area contributed by atoms with Crippen molar-refractivity contribution < 1.29 is 53.2 Å². The van der Waals surface area contributed by atoms with Gasteiger partial charge in [-0.3, -0.25) is 34.1 Å². The lowest BCUT2D eigenvalue weighted by atomic mass is 10.0. The van der Waals surface area contributed by atoms with Crippen LogP contribution in [0.4, 0.5) is 10.6 Å². The Kier molecular flexibility index (Phi) is 18.9. The second-order valence-electron chi connectivity index (χ2n) is 18.4. The monoisotopic (exact) mass is 1230 g/mol. The Morgan fingerprint density at radius 2 is 1.44 bits per heavy atom. The second-order valence-corrected chi connectivity index (χ2v) is 24.2. The number of aliphatic carboxylic acids is 1. The lowest BCUT2D eigenvalue weighted by Gasteiger charge is -2.23. The maximum absolute atomic E-state index is 14.3. The summed E-state index contributed by atoms with van der Waals surface area (Å²) in [6.07, 6.45) is -2.36. The highest BCUT2D eigenvalue weighted by Gasteiger charge is 2.33. The third kappa shape index (κ3) is 13.9. The fraction of sp³-hybridized carbons (Fsp3) is 0.308. The van der Waals surface area contributed by atoms with E-state index < -0.39 is 72.4 Å². The number of rotatable bonds is 13. The minimum atomic E-state index is -1.29. The average molecular weight is 1230 g/mol. The zero-order chi connectivity index (χ0) is 58.2. The molecule has 8 N–H and O–H groups in total. The number of aliphatic hydroxyl groups excluding tert-OH is 1. The molecular weight excluding hydrogens is 1180 g/mol. The summed E-state index contributed by atoms with van der Waals surface area (Å²) in [5.74, 6) is -4.03. The normalized spacial score (nSPS) is 16.3. The number of carboxylic acids is 1. The lowest BCUT2D eigenvalue weighted by molar-refractivity contribution is -0.137. The second kappa shape index (κ2) is 26.4. The van der Waals surface area contributed by atoms with E-state index in [0.29, 0.717) is 68.7 Å². The molecule has 8 aromatic rings. The number of anilines is 1. The van der Waals surface area contributed by atoms with Gasteiger partial charge in [-0.1, -0.05) is 44.2 Å². The number of thiazole rings is 6. The summed E-state index contributed by atoms with van der Waals surface area (Å²) in [5, 5.41) is 46.3. The first-order valence-electron chi connectivity index (χ1n) is 25.1. The van der Waals surface area contributed by atoms with E-state index in [1.807, 2.05) is 13.8 Å². The van der Waals surface area contributed by atoms with Crippen LogP contribution in [0.2, 0.25) is 0 Å². The Balaban J connectivity index is 1.11. The van der Waals surface area contributed by atoms with Crippen molar-refractivity contribution in [1.82, 2.24) is 61.5 Å². The van der Waals surface area contributed by atoms with Crippen LogP contribution in [0.1, 0.15) is 119 Å². The number of methoxy groups -OCH3 is 1. The van der Waals surface area contributed by atoms with E-state index in [0.717, 1.165) is 34.0 Å². The van der Waals surface area contributed by atoms with E-state index in [1.54, 1.807) is 70.9 Å². The van der Waals surface area contributed by atoms with Crippen molar-refractivity contribution >= 4 is 115 Å². The number of hydrogen-bond acceptors (Lipinski definition) is 23. The molecule has 10 bridgehead atoms. The molecule has 82 heavy (non-hydrogen) atoms. The van der Waals surface area contributed by atoms with Gasteiger partial charge in [-0.15, -0.1) is 68.0 Å². The number of carboxylic acid groups (broad SMARTS) is 1. The number of fused-ring (bicyclic) bond motifs is 14. The number of benzene rings is 1. The summed E-state index contributed by atoms with van der Waals surface area (Å²) in [6.45, 7) is 4.82. The Hall–Kier alpha value is -7.84. The van der Waals surface area contributed by atoms with Crippen molar-refractivity contribution in [2.45, 2.75) is 70.9 Å². The van der Waals surface area contributed by atoms with Crippen LogP contribution in [0.3, 0.4) is 0 Å². The van der Waals surface area contributed by atoms with Crippen molar-refractivity contribution in [2.24, 2.45) is 5.92 Å². The van der Waals surface area contributed by atoms with E-state index in [9.17, 15) is 38.7 Å². The minimum absolute atomic E-state index is 0.00334. The van der Waals surface area contributed by atoms with Gasteiger partial charge in [0.05, 0.1) is 48.8 Å². The van der Waals surface area contributed by atoms with E-state index in [1.165, 1.54) is 48.2 Å². The smallest absolute Gasteiger partial charge is 0.412 e. The topological polar surface area (TPSA) is 341 Å². The van der Waals surface area contributed by atoms with Crippen LogP contribution >= 0.6 is 68.0 Å². The van der Waals surface area contributed by atoms with Crippen LogP contribution < -0.4 is 31.9 Å². The molecule has 426 valence electrons. The van der Waals surface area contributed by atoms with Gasteiger partial charge in [0.2, 0.25) is 11.8 Å². The van der Waals surface area contributed by atoms with Crippen LogP contribution in [-0.4, -0.2) is 114 Å². The van der Waals surface area contributed by atoms with Crippen molar-refractivity contribution in [3.8, 4) is 43.4 Å². The van der Waals surface area contributed by atoms with Crippen LogP contribution in [0, 0.1) is 12.8 Å². The zero-order valence-corrected chi connectivity index (χ0v) is 49.0. The SMILES string of the molecule is CNC(=O)C[C@@H]1NC(=O)c2csc(n2)-c2ccc(-c3nc(NC(=O)OCCCC(=O)O)cs3)nc2-c2csc(n2)-c2csc(n2)[C@H]([C@@H](O)c2ccccc2)NC(=O)CNC(=O)c2nc(sc2COC)[C@H](C(C)C)NC(=O)c2nc1sc2C. The van der Waals surface area contributed by atoms with Gasteiger partial charge in [0.1, 0.15) is 82.2 Å². The molecule has 4 atom stereocenters. The largest absolute Gasteiger partial charge is 0.481 e. The molecule has 7 aromatic heterocycles. The average Bonchev–Trinajstić information content (AvgIpc) is 4.45. The predicted molar refractivity (Wildman–Crippen MR) is 309 cm³/mol. The molecule has 0 unspecified atom stereocenters. The molecule has 0 radical (unpaired) electrons. The number of hydrogen-bond donors (Lipinski definition) is 8. The van der Waals surface area contributed by atoms with Crippen LogP contribution in [0.25, 0.3) is 43.4 Å². The number of carbonyl (C=O) groups is 7. The summed E-state index contributed by atoms with van der Waals surface area (Å²) < 4.78 is 10.6. The number of aliphatic hydroxyl groups is 1. The standard InChI is InChI=1S/C52H51N13O11S6/c1-23(2)37-51-65-40(32(82-51)18-75-5)44(72)54-17-35(67)62-41(42(70)25-10-7-6-8-11-25)50-59-31(21-79-50)48-57-29(19-78-48)39-26(13-14-27(55-39)47-60-33(22-80-47)61-52(74)76-15-9-12-36(68)69)46-58-30(20-77-46)43(71)56-28(16-34(66)53-4)49-64-38(24(3)81-49)45(73)63-37/h6-8,10-11,13-14,19-23,28,37,41-42,70H,9,12,15-18H2,1-5H3,(H,53,66)(H,54,72)(H,56,71)(H,61,74)(H,62,67)(H,63,73)(H,68,69)/t28-,37-,41-,42-/m0/s1. The summed E-state index contributed by atoms with van der Waals surface area (Å²) in [5.41, 5.74) is 2.53.